The van der Waals surface area contributed by atoms with Gasteiger partial charge in [-0.25, -0.2) is 13.4 Å². The molecule has 1 saturated heterocycles. The van der Waals surface area contributed by atoms with Crippen LogP contribution in [0, 0.1) is 6.92 Å². The smallest absolute Gasteiger partial charge is 0.341 e. The number of piperidine rings is 1. The summed E-state index contributed by atoms with van der Waals surface area (Å²) in [6.07, 6.45) is 1.98. The van der Waals surface area contributed by atoms with Gasteiger partial charge in [0.05, 0.1) is 15.9 Å². The van der Waals surface area contributed by atoms with E-state index in [1.165, 1.54) is 17.7 Å². The molecular weight excluding hydrogens is 384 g/mol. The highest BCUT2D eigenvalue weighted by atomic mass is 32.2. The van der Waals surface area contributed by atoms with Gasteiger partial charge in [-0.2, -0.15) is 8.78 Å². The Morgan fingerprint density at radius 2 is 1.93 bits per heavy atom. The Morgan fingerprint density at radius 3 is 2.64 bits per heavy atom. The van der Waals surface area contributed by atoms with E-state index in [0.717, 1.165) is 48.5 Å². The van der Waals surface area contributed by atoms with Gasteiger partial charge in [0.2, 0.25) is 9.84 Å². The maximum absolute atomic E-state index is 12.7. The second kappa shape index (κ2) is 7.16. The number of aromatic nitrogens is 2. The molecule has 0 saturated carbocycles. The summed E-state index contributed by atoms with van der Waals surface area (Å²) in [5.74, 6) is -2.23. The SMILES string of the molecule is Cc1ccc2nc([C@H]3CCCN(c4ccc(S(=O)(=O)C(F)F)cc4)C3)[nH]c2c1. The Kier molecular flexibility index (Phi) is 4.82. The minimum absolute atomic E-state index is 0.228. The number of aromatic amines is 1. The van der Waals surface area contributed by atoms with Crippen LogP contribution in [0.25, 0.3) is 11.0 Å². The second-order valence-corrected chi connectivity index (χ2v) is 9.15. The fourth-order valence-electron chi connectivity index (χ4n) is 3.72. The summed E-state index contributed by atoms with van der Waals surface area (Å²) < 4.78 is 48.6. The molecule has 0 unspecified atom stereocenters. The Hall–Kier alpha value is -2.48. The molecule has 5 nitrogen and oxygen atoms in total. The number of alkyl halides is 2. The molecule has 0 bridgehead atoms. The summed E-state index contributed by atoms with van der Waals surface area (Å²) in [4.78, 5) is 9.94. The monoisotopic (exact) mass is 405 g/mol. The Labute approximate surface area is 162 Å². The molecule has 0 aliphatic carbocycles. The number of anilines is 1. The highest BCUT2D eigenvalue weighted by Gasteiger charge is 2.27. The molecule has 2 heterocycles. The second-order valence-electron chi connectivity index (χ2n) is 7.23. The van der Waals surface area contributed by atoms with E-state index >= 15 is 0 Å². The van der Waals surface area contributed by atoms with Crippen LogP contribution in [0.3, 0.4) is 0 Å². The molecule has 1 N–H and O–H groups in total. The summed E-state index contributed by atoms with van der Waals surface area (Å²) in [6.45, 7) is 3.61. The van der Waals surface area contributed by atoms with Crippen molar-refractivity contribution in [2.24, 2.45) is 0 Å². The molecule has 28 heavy (non-hydrogen) atoms. The normalized spacial score (nSPS) is 18.1. The Balaban J connectivity index is 1.55. The maximum atomic E-state index is 12.7. The summed E-state index contributed by atoms with van der Waals surface area (Å²) in [6, 6.07) is 11.8. The molecule has 1 aliphatic rings. The van der Waals surface area contributed by atoms with Crippen LogP contribution in [0.1, 0.15) is 30.1 Å². The van der Waals surface area contributed by atoms with E-state index in [9.17, 15) is 17.2 Å². The minimum Gasteiger partial charge on any atom is -0.371 e. The number of nitrogens with one attached hydrogen (secondary N) is 1. The third-order valence-corrected chi connectivity index (χ3v) is 6.63. The molecule has 2 aromatic carbocycles. The maximum Gasteiger partial charge on any atom is 0.341 e. The van der Waals surface area contributed by atoms with Crippen molar-refractivity contribution in [1.82, 2.24) is 9.97 Å². The molecule has 8 heteroatoms. The van der Waals surface area contributed by atoms with Crippen molar-refractivity contribution in [1.29, 1.82) is 0 Å². The van der Waals surface area contributed by atoms with E-state index in [-0.39, 0.29) is 10.8 Å². The summed E-state index contributed by atoms with van der Waals surface area (Å²) in [5, 5.41) is 0. The molecular formula is C20H21F2N3O2S. The number of fused-ring (bicyclic) bond motifs is 1. The molecule has 1 aliphatic heterocycles. The van der Waals surface area contributed by atoms with Crippen LogP contribution >= 0.6 is 0 Å². The van der Waals surface area contributed by atoms with Gasteiger partial charge in [0.1, 0.15) is 5.82 Å². The number of imidazole rings is 1. The zero-order chi connectivity index (χ0) is 19.9. The fraction of sp³-hybridized carbons (Fsp3) is 0.350. The fourth-order valence-corrected chi connectivity index (χ4v) is 4.44. The van der Waals surface area contributed by atoms with Gasteiger partial charge in [0, 0.05) is 24.7 Å². The number of benzene rings is 2. The van der Waals surface area contributed by atoms with Gasteiger partial charge in [0.25, 0.3) is 0 Å². The highest BCUT2D eigenvalue weighted by molar-refractivity contribution is 7.91. The number of halogens is 2. The van der Waals surface area contributed by atoms with Crippen molar-refractivity contribution in [3.63, 3.8) is 0 Å². The average Bonchev–Trinajstić information content (AvgIpc) is 3.11. The van der Waals surface area contributed by atoms with Gasteiger partial charge >= 0.3 is 5.76 Å². The van der Waals surface area contributed by atoms with Gasteiger partial charge in [0.15, 0.2) is 0 Å². The summed E-state index contributed by atoms with van der Waals surface area (Å²) >= 11 is 0. The number of hydrogen-bond donors (Lipinski definition) is 1. The van der Waals surface area contributed by atoms with Crippen LogP contribution in [0.15, 0.2) is 47.4 Å². The van der Waals surface area contributed by atoms with E-state index < -0.39 is 15.6 Å². The van der Waals surface area contributed by atoms with Crippen LogP contribution in [-0.2, 0) is 9.84 Å². The van der Waals surface area contributed by atoms with Crippen molar-refractivity contribution in [3.8, 4) is 0 Å². The first-order chi connectivity index (χ1) is 13.3. The molecule has 3 aromatic rings. The average molecular weight is 405 g/mol. The van der Waals surface area contributed by atoms with Gasteiger partial charge in [-0.3, -0.25) is 0 Å². The lowest BCUT2D eigenvalue weighted by Crippen LogP contribution is -2.34. The van der Waals surface area contributed by atoms with Crippen molar-refractivity contribution < 1.29 is 17.2 Å². The zero-order valence-corrected chi connectivity index (χ0v) is 16.2. The molecule has 1 atom stereocenters. The molecule has 148 valence electrons. The standard InChI is InChI=1S/C20H21F2N3O2S/c1-13-4-9-17-18(11-13)24-19(23-17)14-3-2-10-25(12-14)15-5-7-16(8-6-15)28(26,27)20(21)22/h4-9,11,14,20H,2-3,10,12H2,1H3,(H,23,24)/t14-/m0/s1. The molecule has 1 fully saturated rings. The van der Waals surface area contributed by atoms with Crippen LogP contribution in [0.2, 0.25) is 0 Å². The predicted octanol–water partition coefficient (Wildman–Crippen LogP) is 4.25. The Morgan fingerprint density at radius 1 is 1.18 bits per heavy atom. The topological polar surface area (TPSA) is 66.1 Å². The molecule has 4 rings (SSSR count). The number of rotatable bonds is 4. The first-order valence-electron chi connectivity index (χ1n) is 9.18. The molecule has 1 aromatic heterocycles. The largest absolute Gasteiger partial charge is 0.371 e. The molecule has 0 spiro atoms. The molecule has 0 amide bonds. The van der Waals surface area contributed by atoms with E-state index in [4.69, 9.17) is 4.98 Å². The first-order valence-corrected chi connectivity index (χ1v) is 10.7. The van der Waals surface area contributed by atoms with E-state index in [0.29, 0.717) is 0 Å². The van der Waals surface area contributed by atoms with E-state index in [2.05, 4.69) is 16.0 Å². The lowest BCUT2D eigenvalue weighted by Gasteiger charge is -2.33. The van der Waals surface area contributed by atoms with Crippen LogP contribution in [-0.4, -0.2) is 37.2 Å². The van der Waals surface area contributed by atoms with Crippen molar-refractivity contribution in [2.45, 2.75) is 36.3 Å². The van der Waals surface area contributed by atoms with E-state index in [1.54, 1.807) is 12.1 Å². The van der Waals surface area contributed by atoms with Gasteiger partial charge < -0.3 is 9.88 Å². The number of sulfone groups is 1. The number of H-pyrrole nitrogens is 1. The van der Waals surface area contributed by atoms with Crippen LogP contribution in [0.4, 0.5) is 14.5 Å². The molecule has 0 radical (unpaired) electrons. The Bertz CT molecular complexity index is 1090. The van der Waals surface area contributed by atoms with Crippen LogP contribution in [0.5, 0.6) is 0 Å². The first kappa shape index (κ1) is 18.9. The zero-order valence-electron chi connectivity index (χ0n) is 15.4. The van der Waals surface area contributed by atoms with Crippen molar-refractivity contribution >= 4 is 26.6 Å². The lowest BCUT2D eigenvalue weighted by molar-refractivity contribution is 0.234. The third-order valence-electron chi connectivity index (χ3n) is 5.23. The lowest BCUT2D eigenvalue weighted by atomic mass is 9.97. The number of aryl methyl sites for hydroxylation is 1. The predicted molar refractivity (Wildman–Crippen MR) is 105 cm³/mol. The van der Waals surface area contributed by atoms with Crippen molar-refractivity contribution in [2.75, 3.05) is 18.0 Å². The summed E-state index contributed by atoms with van der Waals surface area (Å²) in [5.41, 5.74) is 3.96. The minimum atomic E-state index is -4.56. The van der Waals surface area contributed by atoms with Gasteiger partial charge in [-0.15, -0.1) is 0 Å². The third kappa shape index (κ3) is 3.48. The van der Waals surface area contributed by atoms with E-state index in [1.807, 2.05) is 19.1 Å². The van der Waals surface area contributed by atoms with Gasteiger partial charge in [-0.1, -0.05) is 6.07 Å². The summed E-state index contributed by atoms with van der Waals surface area (Å²) in [7, 11) is -4.56. The van der Waals surface area contributed by atoms with Crippen LogP contribution < -0.4 is 4.90 Å². The number of hydrogen-bond acceptors (Lipinski definition) is 4. The quantitative estimate of drug-likeness (QED) is 0.705. The van der Waals surface area contributed by atoms with Crippen molar-refractivity contribution in [3.05, 3.63) is 53.9 Å². The van der Waals surface area contributed by atoms with Gasteiger partial charge in [-0.05, 0) is 61.7 Å². The number of nitrogens with zero attached hydrogens (tertiary/aromatic N) is 2. The highest BCUT2D eigenvalue weighted by Crippen LogP contribution is 2.31.